The van der Waals surface area contributed by atoms with Crippen molar-refractivity contribution < 1.29 is 0 Å². The molecule has 0 nitrogen and oxygen atoms in total. The Hall–Kier alpha value is -1.30. The summed E-state index contributed by atoms with van der Waals surface area (Å²) in [6.07, 6.45) is 18.3. The van der Waals surface area contributed by atoms with Gasteiger partial charge in [0.1, 0.15) is 0 Å². The van der Waals surface area contributed by atoms with Gasteiger partial charge in [0.15, 0.2) is 0 Å². The number of rotatable bonds is 8. The molecule has 0 aromatic carbocycles. The van der Waals surface area contributed by atoms with Crippen LogP contribution in [0.4, 0.5) is 0 Å². The van der Waals surface area contributed by atoms with E-state index in [2.05, 4.69) is 63.8 Å². The highest BCUT2D eigenvalue weighted by Crippen LogP contribution is 2.24. The molecule has 100 valence electrons. The van der Waals surface area contributed by atoms with Crippen LogP contribution in [0.15, 0.2) is 60.3 Å². The van der Waals surface area contributed by atoms with Crippen molar-refractivity contribution in [3.8, 4) is 0 Å². The molecule has 0 aliphatic rings. The van der Waals surface area contributed by atoms with Gasteiger partial charge in [0.2, 0.25) is 0 Å². The van der Waals surface area contributed by atoms with E-state index in [1.54, 1.807) is 0 Å². The van der Waals surface area contributed by atoms with E-state index < -0.39 is 0 Å². The minimum Gasteiger partial charge on any atom is -0.0988 e. The summed E-state index contributed by atoms with van der Waals surface area (Å²) in [6.45, 7) is 12.4. The Bertz CT molecular complexity index is 337. The third kappa shape index (κ3) is 6.44. The zero-order valence-electron chi connectivity index (χ0n) is 12.4. The molecule has 0 saturated heterocycles. The first-order chi connectivity index (χ1) is 8.73. The summed E-state index contributed by atoms with van der Waals surface area (Å²) >= 11 is 0. The summed E-state index contributed by atoms with van der Waals surface area (Å²) in [7, 11) is 0. The highest BCUT2D eigenvalue weighted by Gasteiger charge is 2.09. The minimum absolute atomic E-state index is 0.653. The van der Waals surface area contributed by atoms with E-state index in [4.69, 9.17) is 0 Å². The van der Waals surface area contributed by atoms with Crippen LogP contribution in [0.2, 0.25) is 0 Å². The highest BCUT2D eigenvalue weighted by atomic mass is 14.1. The van der Waals surface area contributed by atoms with Crippen molar-refractivity contribution in [2.45, 2.75) is 47.0 Å². The van der Waals surface area contributed by atoms with E-state index >= 15 is 0 Å². The maximum absolute atomic E-state index is 3.89. The SMILES string of the molecule is C=C/C(=C\C=C/C)CCC(CC)C(/C=C\C)=C/C. The summed E-state index contributed by atoms with van der Waals surface area (Å²) in [5, 5.41) is 0. The van der Waals surface area contributed by atoms with E-state index in [1.165, 1.54) is 24.0 Å². The minimum atomic E-state index is 0.653. The maximum Gasteiger partial charge on any atom is -0.0165 e. The van der Waals surface area contributed by atoms with Crippen molar-refractivity contribution in [1.29, 1.82) is 0 Å². The van der Waals surface area contributed by atoms with Crippen LogP contribution in [-0.4, -0.2) is 0 Å². The van der Waals surface area contributed by atoms with E-state index in [0.29, 0.717) is 5.92 Å². The monoisotopic (exact) mass is 244 g/mol. The molecule has 0 radical (unpaired) electrons. The van der Waals surface area contributed by atoms with Crippen LogP contribution in [0.3, 0.4) is 0 Å². The first kappa shape index (κ1) is 16.7. The van der Waals surface area contributed by atoms with Gasteiger partial charge in [-0.15, -0.1) is 0 Å². The Morgan fingerprint density at radius 3 is 2.33 bits per heavy atom. The summed E-state index contributed by atoms with van der Waals surface area (Å²) in [6, 6.07) is 0. The summed E-state index contributed by atoms with van der Waals surface area (Å²) in [5.74, 6) is 0.653. The Morgan fingerprint density at radius 2 is 1.89 bits per heavy atom. The number of hydrogen-bond donors (Lipinski definition) is 0. The van der Waals surface area contributed by atoms with Crippen LogP contribution in [0.1, 0.15) is 47.0 Å². The Balaban J connectivity index is 4.60. The lowest BCUT2D eigenvalue weighted by molar-refractivity contribution is 0.553. The smallest absolute Gasteiger partial charge is 0.0165 e. The van der Waals surface area contributed by atoms with E-state index in [1.807, 2.05) is 13.0 Å². The van der Waals surface area contributed by atoms with Crippen molar-refractivity contribution in [2.24, 2.45) is 5.92 Å². The standard InChI is InChI=1S/C18H28/c1-6-11-13-16(8-3)14-15-18(10-5)17(9-4)12-7-2/h6-9,11-13,18H,3,10,14-15H2,1-2,4-5H3/b11-6-,12-7-,16-13+,17-9+. The van der Waals surface area contributed by atoms with Crippen molar-refractivity contribution >= 4 is 0 Å². The van der Waals surface area contributed by atoms with Gasteiger partial charge in [-0.05, 0) is 57.1 Å². The Morgan fingerprint density at radius 1 is 1.17 bits per heavy atom. The van der Waals surface area contributed by atoms with Gasteiger partial charge >= 0.3 is 0 Å². The van der Waals surface area contributed by atoms with Crippen LogP contribution in [0.25, 0.3) is 0 Å². The average Bonchev–Trinajstić information content (AvgIpc) is 2.41. The quantitative estimate of drug-likeness (QED) is 0.459. The van der Waals surface area contributed by atoms with E-state index in [0.717, 1.165) is 6.42 Å². The van der Waals surface area contributed by atoms with Gasteiger partial charge in [-0.1, -0.05) is 56.0 Å². The van der Waals surface area contributed by atoms with Gasteiger partial charge in [0, 0.05) is 0 Å². The number of allylic oxidation sites excluding steroid dienone is 9. The normalized spacial score (nSPS) is 15.6. The molecule has 0 rings (SSSR count). The Kier molecular flexibility index (Phi) is 10.0. The molecule has 1 atom stereocenters. The first-order valence-electron chi connectivity index (χ1n) is 6.96. The first-order valence-corrected chi connectivity index (χ1v) is 6.96. The second kappa shape index (κ2) is 10.8. The molecule has 0 aromatic heterocycles. The van der Waals surface area contributed by atoms with Crippen LogP contribution in [0.5, 0.6) is 0 Å². The molecular formula is C18H28. The fourth-order valence-electron chi connectivity index (χ4n) is 2.08. The van der Waals surface area contributed by atoms with Crippen LogP contribution in [0, 0.1) is 5.92 Å². The van der Waals surface area contributed by atoms with Gasteiger partial charge in [0.25, 0.3) is 0 Å². The molecule has 0 N–H and O–H groups in total. The summed E-state index contributed by atoms with van der Waals surface area (Å²) in [4.78, 5) is 0. The largest absolute Gasteiger partial charge is 0.0988 e. The predicted octanol–water partition coefficient (Wildman–Crippen LogP) is 6.00. The predicted molar refractivity (Wildman–Crippen MR) is 84.7 cm³/mol. The topological polar surface area (TPSA) is 0 Å². The molecule has 0 heteroatoms. The zero-order valence-corrected chi connectivity index (χ0v) is 12.4. The fraction of sp³-hybridized carbons (Fsp3) is 0.444. The maximum atomic E-state index is 3.89. The highest BCUT2D eigenvalue weighted by molar-refractivity contribution is 5.24. The van der Waals surface area contributed by atoms with Crippen molar-refractivity contribution in [3.05, 3.63) is 60.3 Å². The van der Waals surface area contributed by atoms with E-state index in [9.17, 15) is 0 Å². The van der Waals surface area contributed by atoms with Crippen LogP contribution >= 0.6 is 0 Å². The second-order valence-corrected chi connectivity index (χ2v) is 4.40. The average molecular weight is 244 g/mol. The molecule has 0 aromatic rings. The summed E-state index contributed by atoms with van der Waals surface area (Å²) < 4.78 is 0. The third-order valence-electron chi connectivity index (χ3n) is 3.20. The van der Waals surface area contributed by atoms with Crippen molar-refractivity contribution in [1.82, 2.24) is 0 Å². The molecule has 0 aliphatic heterocycles. The lowest BCUT2D eigenvalue weighted by Gasteiger charge is -2.16. The van der Waals surface area contributed by atoms with E-state index in [-0.39, 0.29) is 0 Å². The Labute approximate surface area is 113 Å². The van der Waals surface area contributed by atoms with Gasteiger partial charge in [-0.25, -0.2) is 0 Å². The molecule has 0 heterocycles. The lowest BCUT2D eigenvalue weighted by atomic mass is 9.89. The molecule has 0 saturated carbocycles. The zero-order chi connectivity index (χ0) is 13.8. The van der Waals surface area contributed by atoms with Gasteiger partial charge in [0.05, 0.1) is 0 Å². The fourth-order valence-corrected chi connectivity index (χ4v) is 2.08. The molecular weight excluding hydrogens is 216 g/mol. The molecule has 18 heavy (non-hydrogen) atoms. The van der Waals surface area contributed by atoms with Crippen LogP contribution < -0.4 is 0 Å². The molecule has 0 aliphatic carbocycles. The lowest BCUT2D eigenvalue weighted by Crippen LogP contribution is -2.02. The van der Waals surface area contributed by atoms with Crippen molar-refractivity contribution in [3.63, 3.8) is 0 Å². The second-order valence-electron chi connectivity index (χ2n) is 4.40. The van der Waals surface area contributed by atoms with Crippen molar-refractivity contribution in [2.75, 3.05) is 0 Å². The molecule has 0 fully saturated rings. The number of hydrogen-bond acceptors (Lipinski definition) is 0. The molecule has 0 amide bonds. The third-order valence-corrected chi connectivity index (χ3v) is 3.20. The molecule has 0 bridgehead atoms. The van der Waals surface area contributed by atoms with Gasteiger partial charge in [-0.2, -0.15) is 0 Å². The van der Waals surface area contributed by atoms with Crippen LogP contribution in [-0.2, 0) is 0 Å². The molecule has 0 spiro atoms. The molecule has 1 unspecified atom stereocenters. The van der Waals surface area contributed by atoms with Gasteiger partial charge < -0.3 is 0 Å². The summed E-state index contributed by atoms with van der Waals surface area (Å²) in [5.41, 5.74) is 2.77. The van der Waals surface area contributed by atoms with Gasteiger partial charge in [-0.3, -0.25) is 0 Å².